The maximum atomic E-state index is 14.7. The van der Waals surface area contributed by atoms with E-state index in [9.17, 15) is 4.39 Å². The lowest BCUT2D eigenvalue weighted by molar-refractivity contribution is 0.220. The molecule has 0 aliphatic carbocycles. The van der Waals surface area contributed by atoms with Crippen molar-refractivity contribution in [1.29, 1.82) is 0 Å². The fourth-order valence-electron chi connectivity index (χ4n) is 5.88. The Hall–Kier alpha value is -4.67. The number of likely N-dealkylation sites (tertiary alicyclic amines) is 1. The van der Waals surface area contributed by atoms with E-state index in [1.165, 1.54) is 37.0 Å². The average molecular weight is 591 g/mol. The zero-order valence-electron chi connectivity index (χ0n) is 25.0. The lowest BCUT2D eigenvalue weighted by Crippen LogP contribution is -2.29. The van der Waals surface area contributed by atoms with Gasteiger partial charge in [0.25, 0.3) is 0 Å². The molecule has 0 saturated carbocycles. The van der Waals surface area contributed by atoms with Crippen LogP contribution in [0.25, 0.3) is 55.8 Å². The van der Waals surface area contributed by atoms with E-state index in [1.807, 2.05) is 49.6 Å². The van der Waals surface area contributed by atoms with Gasteiger partial charge >= 0.3 is 0 Å². The third-order valence-corrected chi connectivity index (χ3v) is 8.14. The van der Waals surface area contributed by atoms with E-state index in [1.54, 1.807) is 6.20 Å². The van der Waals surface area contributed by atoms with Crippen LogP contribution in [0.15, 0.2) is 67.1 Å². The highest BCUT2D eigenvalue weighted by Gasteiger charge is 2.18. The number of ether oxygens (including phenoxy) is 1. The van der Waals surface area contributed by atoms with Crippen LogP contribution < -0.4 is 4.74 Å². The first-order valence-corrected chi connectivity index (χ1v) is 15.1. The van der Waals surface area contributed by atoms with E-state index in [0.29, 0.717) is 40.6 Å². The molecule has 6 aromatic rings. The number of hydrogen-bond acceptors (Lipinski definition) is 7. The molecule has 0 unspecified atom stereocenters. The molecule has 7 rings (SSSR count). The van der Waals surface area contributed by atoms with Gasteiger partial charge in [-0.2, -0.15) is 5.10 Å². The highest BCUT2D eigenvalue weighted by Crippen LogP contribution is 2.34. The number of halogens is 1. The van der Waals surface area contributed by atoms with E-state index in [0.717, 1.165) is 53.8 Å². The molecular formula is C34H35FN8O. The molecule has 0 spiro atoms. The summed E-state index contributed by atoms with van der Waals surface area (Å²) in [6, 6.07) is 15.1. The molecule has 224 valence electrons. The molecule has 2 aromatic carbocycles. The Morgan fingerprint density at radius 1 is 0.955 bits per heavy atom. The lowest BCUT2D eigenvalue weighted by atomic mass is 10.0. The third kappa shape index (κ3) is 5.91. The van der Waals surface area contributed by atoms with Crippen LogP contribution in [0.2, 0.25) is 0 Å². The van der Waals surface area contributed by atoms with Crippen molar-refractivity contribution in [3.05, 3.63) is 78.5 Å². The van der Waals surface area contributed by atoms with Gasteiger partial charge in [-0.3, -0.25) is 15.0 Å². The summed E-state index contributed by atoms with van der Waals surface area (Å²) in [5.74, 6) is 0.686. The van der Waals surface area contributed by atoms with Crippen molar-refractivity contribution < 1.29 is 9.13 Å². The zero-order valence-corrected chi connectivity index (χ0v) is 25.0. The smallest absolute Gasteiger partial charge is 0.160 e. The molecule has 2 N–H and O–H groups in total. The molecule has 0 amide bonds. The number of imidazole rings is 1. The summed E-state index contributed by atoms with van der Waals surface area (Å²) >= 11 is 0. The van der Waals surface area contributed by atoms with Gasteiger partial charge in [0, 0.05) is 54.3 Å². The molecule has 0 atom stereocenters. The largest absolute Gasteiger partial charge is 0.492 e. The Morgan fingerprint density at radius 2 is 1.84 bits per heavy atom. The number of likely N-dealkylation sites (N-methyl/N-ethyl adjacent to an activating group) is 1. The molecule has 4 aromatic heterocycles. The number of rotatable bonds is 9. The van der Waals surface area contributed by atoms with E-state index in [-0.39, 0.29) is 5.82 Å². The lowest BCUT2D eigenvalue weighted by Gasteiger charge is -2.26. The fraction of sp³-hybridized carbons (Fsp3) is 0.294. The normalized spacial score (nSPS) is 14.2. The Morgan fingerprint density at radius 3 is 2.70 bits per heavy atom. The molecule has 1 saturated heterocycles. The van der Waals surface area contributed by atoms with Crippen LogP contribution in [-0.2, 0) is 6.54 Å². The van der Waals surface area contributed by atoms with E-state index >= 15 is 0 Å². The van der Waals surface area contributed by atoms with Crippen LogP contribution in [0.3, 0.4) is 0 Å². The van der Waals surface area contributed by atoms with Gasteiger partial charge in [-0.05, 0) is 93.1 Å². The summed E-state index contributed by atoms with van der Waals surface area (Å²) < 4.78 is 20.5. The van der Waals surface area contributed by atoms with Crippen LogP contribution in [0, 0.1) is 5.82 Å². The Labute approximate surface area is 255 Å². The van der Waals surface area contributed by atoms with Crippen molar-refractivity contribution in [1.82, 2.24) is 39.9 Å². The second-order valence-electron chi connectivity index (χ2n) is 11.7. The highest BCUT2D eigenvalue weighted by molar-refractivity contribution is 5.97. The van der Waals surface area contributed by atoms with Crippen LogP contribution in [0.5, 0.6) is 5.75 Å². The van der Waals surface area contributed by atoms with Crippen molar-refractivity contribution in [2.24, 2.45) is 0 Å². The number of fused-ring (bicyclic) bond motifs is 2. The molecule has 0 bridgehead atoms. The number of hydrogen-bond donors (Lipinski definition) is 2. The van der Waals surface area contributed by atoms with Gasteiger partial charge in [-0.1, -0.05) is 12.5 Å². The van der Waals surface area contributed by atoms with Crippen molar-refractivity contribution in [3.63, 3.8) is 0 Å². The second kappa shape index (κ2) is 12.1. The molecule has 9 nitrogen and oxygen atoms in total. The maximum Gasteiger partial charge on any atom is 0.160 e. The number of nitrogens with one attached hydrogen (secondary N) is 2. The number of benzene rings is 2. The molecule has 5 heterocycles. The van der Waals surface area contributed by atoms with Gasteiger partial charge in [0.2, 0.25) is 0 Å². The minimum Gasteiger partial charge on any atom is -0.492 e. The first-order valence-electron chi connectivity index (χ1n) is 15.1. The van der Waals surface area contributed by atoms with Crippen LogP contribution in [-0.4, -0.2) is 80.3 Å². The molecule has 10 heteroatoms. The van der Waals surface area contributed by atoms with E-state index in [2.05, 4.69) is 48.2 Å². The average Bonchev–Trinajstić information content (AvgIpc) is 3.65. The Bertz CT molecular complexity index is 1920. The molecule has 1 fully saturated rings. The van der Waals surface area contributed by atoms with E-state index in [4.69, 9.17) is 9.72 Å². The maximum absolute atomic E-state index is 14.7. The Kier molecular flexibility index (Phi) is 7.76. The van der Waals surface area contributed by atoms with Crippen molar-refractivity contribution in [3.8, 4) is 39.5 Å². The second-order valence-corrected chi connectivity index (χ2v) is 11.7. The summed E-state index contributed by atoms with van der Waals surface area (Å²) in [7, 11) is 3.94. The highest BCUT2D eigenvalue weighted by atomic mass is 19.1. The quantitative estimate of drug-likeness (QED) is 0.204. The SMILES string of the molecule is CN(C)CCOc1cc(F)cc(-c2ccnc3[nH]c(-c4n[nH]c5ccc(-c6cncc(CN7CCCCC7)c6)cc45)nc23)c1. The summed E-state index contributed by atoms with van der Waals surface area (Å²) in [5, 5.41) is 8.69. The van der Waals surface area contributed by atoms with Gasteiger partial charge in [0.1, 0.15) is 29.4 Å². The van der Waals surface area contributed by atoms with Crippen LogP contribution >= 0.6 is 0 Å². The first-order chi connectivity index (χ1) is 21.5. The minimum absolute atomic E-state index is 0.372. The third-order valence-electron chi connectivity index (χ3n) is 8.14. The van der Waals surface area contributed by atoms with E-state index < -0.39 is 0 Å². The van der Waals surface area contributed by atoms with Crippen molar-refractivity contribution >= 4 is 22.1 Å². The first kappa shape index (κ1) is 28.1. The number of H-pyrrole nitrogens is 2. The molecule has 0 radical (unpaired) electrons. The predicted molar refractivity (Wildman–Crippen MR) is 171 cm³/mol. The zero-order chi connectivity index (χ0) is 30.0. The number of aromatic amines is 2. The molecule has 44 heavy (non-hydrogen) atoms. The van der Waals surface area contributed by atoms with Gasteiger partial charge in [0.15, 0.2) is 11.5 Å². The summed E-state index contributed by atoms with van der Waals surface area (Å²) in [6.07, 6.45) is 9.43. The summed E-state index contributed by atoms with van der Waals surface area (Å²) in [5.41, 5.74) is 7.59. The minimum atomic E-state index is -0.372. The summed E-state index contributed by atoms with van der Waals surface area (Å²) in [4.78, 5) is 21.9. The number of pyridine rings is 2. The van der Waals surface area contributed by atoms with Gasteiger partial charge in [-0.25, -0.2) is 14.4 Å². The van der Waals surface area contributed by atoms with Gasteiger partial charge < -0.3 is 14.6 Å². The molecule has 1 aliphatic rings. The van der Waals surface area contributed by atoms with Gasteiger partial charge in [-0.15, -0.1) is 0 Å². The summed E-state index contributed by atoms with van der Waals surface area (Å²) in [6.45, 7) is 4.40. The molecular weight excluding hydrogens is 555 g/mol. The monoisotopic (exact) mass is 590 g/mol. The van der Waals surface area contributed by atoms with Crippen molar-refractivity contribution in [2.75, 3.05) is 40.3 Å². The number of nitrogens with zero attached hydrogens (tertiary/aromatic N) is 6. The number of aromatic nitrogens is 6. The van der Waals surface area contributed by atoms with Crippen molar-refractivity contribution in [2.45, 2.75) is 25.8 Å². The van der Waals surface area contributed by atoms with Gasteiger partial charge in [0.05, 0.1) is 5.52 Å². The molecule has 1 aliphatic heterocycles. The topological polar surface area (TPSA) is 98.8 Å². The fourth-order valence-corrected chi connectivity index (χ4v) is 5.88. The van der Waals surface area contributed by atoms with Crippen LogP contribution in [0.1, 0.15) is 24.8 Å². The number of piperidine rings is 1. The standard InChI is InChI=1S/C34H35FN8O/c1-42(2)12-13-44-27-16-24(15-26(35)18-27)28-8-9-37-33-31(28)38-34(39-33)32-29-17-23(6-7-30(29)40-41-32)25-14-22(19-36-20-25)21-43-10-4-3-5-11-43/h6-9,14-20H,3-5,10-13,21H2,1-2H3,(H,40,41)(H,37,38,39). The predicted octanol–water partition coefficient (Wildman–Crippen LogP) is 6.30. The van der Waals surface area contributed by atoms with Crippen LogP contribution in [0.4, 0.5) is 4.39 Å². The Balaban J connectivity index is 1.21.